The van der Waals surface area contributed by atoms with E-state index in [1.807, 2.05) is 4.90 Å². The van der Waals surface area contributed by atoms with Gasteiger partial charge in [-0.15, -0.1) is 11.3 Å². The maximum atomic E-state index is 12.0. The molecule has 0 N–H and O–H groups in total. The van der Waals surface area contributed by atoms with Crippen molar-refractivity contribution in [3.8, 4) is 0 Å². The molecule has 1 aromatic heterocycles. The Labute approximate surface area is 134 Å². The summed E-state index contributed by atoms with van der Waals surface area (Å²) in [4.78, 5) is 15.1. The first-order valence-electron chi connectivity index (χ1n) is 7.10. The third-order valence-electron chi connectivity index (χ3n) is 4.36. The Morgan fingerprint density at radius 2 is 2.05 bits per heavy atom. The first-order valence-corrected chi connectivity index (χ1v) is 8.29. The summed E-state index contributed by atoms with van der Waals surface area (Å²) in [5, 5.41) is 0. The predicted molar refractivity (Wildman–Crippen MR) is 88.0 cm³/mol. The molecular formula is C17H18ClNOS. The van der Waals surface area contributed by atoms with Gasteiger partial charge in [-0.3, -0.25) is 4.79 Å². The average Bonchev–Trinajstić information content (AvgIpc) is 2.79. The highest BCUT2D eigenvalue weighted by Gasteiger charge is 2.36. The molecule has 0 aliphatic carbocycles. The van der Waals surface area contributed by atoms with Crippen molar-refractivity contribution < 1.29 is 4.79 Å². The highest BCUT2D eigenvalue weighted by atomic mass is 35.5. The van der Waals surface area contributed by atoms with Crippen molar-refractivity contribution >= 4 is 28.8 Å². The molecule has 1 amide bonds. The number of aryl methyl sites for hydroxylation is 1. The molecule has 2 nitrogen and oxygen atoms in total. The second kappa shape index (κ2) is 5.47. The van der Waals surface area contributed by atoms with Crippen LogP contribution in [0.2, 0.25) is 4.34 Å². The highest BCUT2D eigenvalue weighted by Crippen LogP contribution is 2.43. The van der Waals surface area contributed by atoms with Gasteiger partial charge in [0.25, 0.3) is 0 Å². The Balaban J connectivity index is 2.16. The van der Waals surface area contributed by atoms with E-state index in [1.165, 1.54) is 21.6 Å². The fraction of sp³-hybridized carbons (Fsp3) is 0.353. The van der Waals surface area contributed by atoms with E-state index >= 15 is 0 Å². The molecule has 0 radical (unpaired) electrons. The number of carbonyl (C=O) groups is 1. The Morgan fingerprint density at radius 1 is 1.33 bits per heavy atom. The van der Waals surface area contributed by atoms with Gasteiger partial charge in [-0.05, 0) is 36.6 Å². The summed E-state index contributed by atoms with van der Waals surface area (Å²) in [7, 11) is 0. The Kier molecular flexibility index (Phi) is 3.80. The standard InChI is InChI=1S/C17H18ClNOS/c1-10-6-4-5-7-13(10)17-11(2)19(12(3)20)9-15-14(17)8-16(18)21-15/h4-8,11,17H,9H2,1-3H3/t11-,17+/m1/s1. The van der Waals surface area contributed by atoms with Crippen molar-refractivity contribution in [1.29, 1.82) is 0 Å². The van der Waals surface area contributed by atoms with E-state index in [1.54, 1.807) is 18.3 Å². The molecule has 1 aliphatic rings. The topological polar surface area (TPSA) is 20.3 Å². The van der Waals surface area contributed by atoms with Crippen LogP contribution in [0.4, 0.5) is 0 Å². The van der Waals surface area contributed by atoms with Gasteiger partial charge in [-0.1, -0.05) is 35.9 Å². The maximum Gasteiger partial charge on any atom is 0.220 e. The van der Waals surface area contributed by atoms with Gasteiger partial charge in [0.1, 0.15) is 0 Å². The summed E-state index contributed by atoms with van der Waals surface area (Å²) in [6, 6.07) is 10.6. The van der Waals surface area contributed by atoms with Crippen molar-refractivity contribution in [3.63, 3.8) is 0 Å². The molecular weight excluding hydrogens is 302 g/mol. The molecule has 4 heteroatoms. The molecule has 2 aromatic rings. The minimum absolute atomic E-state index is 0.122. The lowest BCUT2D eigenvalue weighted by atomic mass is 9.81. The van der Waals surface area contributed by atoms with Gasteiger partial charge in [0.05, 0.1) is 10.9 Å². The normalized spacial score (nSPS) is 21.2. The van der Waals surface area contributed by atoms with Crippen LogP contribution in [-0.2, 0) is 11.3 Å². The smallest absolute Gasteiger partial charge is 0.220 e. The summed E-state index contributed by atoms with van der Waals surface area (Å²) in [6.07, 6.45) is 0. The molecule has 0 bridgehead atoms. The number of rotatable bonds is 1. The highest BCUT2D eigenvalue weighted by molar-refractivity contribution is 7.16. The summed E-state index contributed by atoms with van der Waals surface area (Å²) >= 11 is 7.82. The van der Waals surface area contributed by atoms with E-state index in [2.05, 4.69) is 44.2 Å². The van der Waals surface area contributed by atoms with Crippen LogP contribution in [0.25, 0.3) is 0 Å². The predicted octanol–water partition coefficient (Wildman–Crippen LogP) is 4.59. The van der Waals surface area contributed by atoms with Gasteiger partial charge < -0.3 is 4.90 Å². The van der Waals surface area contributed by atoms with E-state index in [0.29, 0.717) is 6.54 Å². The van der Waals surface area contributed by atoms with Gasteiger partial charge in [0.15, 0.2) is 0 Å². The van der Waals surface area contributed by atoms with Crippen molar-refractivity contribution in [2.24, 2.45) is 0 Å². The first-order chi connectivity index (χ1) is 9.99. The van der Waals surface area contributed by atoms with Crippen LogP contribution in [0.5, 0.6) is 0 Å². The van der Waals surface area contributed by atoms with Crippen molar-refractivity contribution in [1.82, 2.24) is 4.90 Å². The lowest BCUT2D eigenvalue weighted by Gasteiger charge is -2.39. The van der Waals surface area contributed by atoms with Crippen molar-refractivity contribution in [3.05, 3.63) is 56.2 Å². The molecule has 0 spiro atoms. The van der Waals surface area contributed by atoms with Crippen LogP contribution in [0.1, 0.15) is 41.3 Å². The molecule has 0 fully saturated rings. The Bertz CT molecular complexity index is 694. The largest absolute Gasteiger partial charge is 0.334 e. The van der Waals surface area contributed by atoms with E-state index in [9.17, 15) is 4.79 Å². The van der Waals surface area contributed by atoms with E-state index in [4.69, 9.17) is 11.6 Å². The number of fused-ring (bicyclic) bond motifs is 1. The van der Waals surface area contributed by atoms with Crippen molar-refractivity contribution in [2.75, 3.05) is 0 Å². The van der Waals surface area contributed by atoms with Crippen LogP contribution >= 0.6 is 22.9 Å². The fourth-order valence-corrected chi connectivity index (χ4v) is 4.62. The van der Waals surface area contributed by atoms with E-state index in [-0.39, 0.29) is 17.9 Å². The number of halogens is 1. The van der Waals surface area contributed by atoms with Gasteiger partial charge in [0.2, 0.25) is 5.91 Å². The van der Waals surface area contributed by atoms with Gasteiger partial charge in [-0.2, -0.15) is 0 Å². The number of benzene rings is 1. The number of hydrogen-bond acceptors (Lipinski definition) is 2. The Morgan fingerprint density at radius 3 is 2.71 bits per heavy atom. The molecule has 110 valence electrons. The Hall–Kier alpha value is -1.32. The number of hydrogen-bond donors (Lipinski definition) is 0. The molecule has 0 saturated carbocycles. The van der Waals surface area contributed by atoms with Gasteiger partial charge in [-0.25, -0.2) is 0 Å². The molecule has 1 aliphatic heterocycles. The van der Waals surface area contributed by atoms with Gasteiger partial charge in [0, 0.05) is 23.8 Å². The van der Waals surface area contributed by atoms with Gasteiger partial charge >= 0.3 is 0 Å². The summed E-state index contributed by atoms with van der Waals surface area (Å²) in [5.41, 5.74) is 3.82. The second-order valence-corrected chi connectivity index (χ2v) is 7.42. The summed E-state index contributed by atoms with van der Waals surface area (Å²) < 4.78 is 0.802. The van der Waals surface area contributed by atoms with Crippen LogP contribution in [-0.4, -0.2) is 16.8 Å². The zero-order chi connectivity index (χ0) is 15.1. The second-order valence-electron chi connectivity index (χ2n) is 5.65. The third kappa shape index (κ3) is 2.49. The molecule has 3 rings (SSSR count). The van der Waals surface area contributed by atoms with E-state index < -0.39 is 0 Å². The van der Waals surface area contributed by atoms with Crippen molar-refractivity contribution in [2.45, 2.75) is 39.3 Å². The number of amides is 1. The number of nitrogens with zero attached hydrogens (tertiary/aromatic N) is 1. The van der Waals surface area contributed by atoms with Crippen LogP contribution in [0.15, 0.2) is 30.3 Å². The van der Waals surface area contributed by atoms with Crippen LogP contribution < -0.4 is 0 Å². The SMILES string of the molecule is CC(=O)N1Cc2sc(Cl)cc2[C@H](c2ccccc2C)[C@H]1C. The molecule has 2 heterocycles. The fourth-order valence-electron chi connectivity index (χ4n) is 3.30. The average molecular weight is 320 g/mol. The monoisotopic (exact) mass is 319 g/mol. The molecule has 0 unspecified atom stereocenters. The number of carbonyl (C=O) groups excluding carboxylic acids is 1. The zero-order valence-corrected chi connectivity index (χ0v) is 14.0. The summed E-state index contributed by atoms with van der Waals surface area (Å²) in [6.45, 7) is 6.58. The minimum Gasteiger partial charge on any atom is -0.334 e. The maximum absolute atomic E-state index is 12.0. The lowest BCUT2D eigenvalue weighted by Crippen LogP contribution is -2.44. The molecule has 0 saturated heterocycles. The quantitative estimate of drug-likeness (QED) is 0.752. The third-order valence-corrected chi connectivity index (χ3v) is 5.63. The molecule has 21 heavy (non-hydrogen) atoms. The first kappa shape index (κ1) is 14.6. The van der Waals surface area contributed by atoms with Crippen LogP contribution in [0.3, 0.4) is 0 Å². The van der Waals surface area contributed by atoms with Crippen LogP contribution in [0, 0.1) is 6.92 Å². The number of thiophene rings is 1. The molecule has 2 atom stereocenters. The molecule has 1 aromatic carbocycles. The lowest BCUT2D eigenvalue weighted by molar-refractivity contribution is -0.132. The zero-order valence-electron chi connectivity index (χ0n) is 12.4. The minimum atomic E-state index is 0.122. The van der Waals surface area contributed by atoms with E-state index in [0.717, 1.165) is 4.34 Å². The summed E-state index contributed by atoms with van der Waals surface area (Å²) in [5.74, 6) is 0.318.